The highest BCUT2D eigenvalue weighted by atomic mass is 19.4. The Morgan fingerprint density at radius 1 is 1.07 bits per heavy atom. The lowest BCUT2D eigenvalue weighted by molar-refractivity contribution is -0.182. The fourth-order valence-corrected chi connectivity index (χ4v) is 5.71. The quantitative estimate of drug-likeness (QED) is 0.249. The van der Waals surface area contributed by atoms with Gasteiger partial charge in [-0.05, 0) is 67.9 Å². The molecule has 0 radical (unpaired) electrons. The monoisotopic (exact) mass is 636 g/mol. The highest BCUT2D eigenvalue weighted by Crippen LogP contribution is 2.38. The summed E-state index contributed by atoms with van der Waals surface area (Å²) in [6.45, 7) is 8.98. The fourth-order valence-electron chi connectivity index (χ4n) is 5.71. The van der Waals surface area contributed by atoms with Crippen LogP contribution in [0.25, 0.3) is 11.0 Å². The summed E-state index contributed by atoms with van der Waals surface area (Å²) < 4.78 is 72.7. The second-order valence-corrected chi connectivity index (χ2v) is 12.9. The van der Waals surface area contributed by atoms with E-state index in [0.717, 1.165) is 22.3 Å². The molecule has 246 valence electrons. The first-order valence-electron chi connectivity index (χ1n) is 15.1. The maximum Gasteiger partial charge on any atom is 0.391 e. The molecule has 1 fully saturated rings. The van der Waals surface area contributed by atoms with Gasteiger partial charge in [-0.1, -0.05) is 32.9 Å². The summed E-state index contributed by atoms with van der Waals surface area (Å²) in [5.41, 5.74) is 4.54. The molecule has 0 saturated heterocycles. The van der Waals surface area contributed by atoms with E-state index in [4.69, 9.17) is 9.72 Å². The fraction of sp³-hybridized carbons (Fsp3) is 0.545. The first-order valence-corrected chi connectivity index (χ1v) is 15.1. The van der Waals surface area contributed by atoms with E-state index in [9.17, 15) is 31.5 Å². The minimum absolute atomic E-state index is 0.00491. The third-order valence-corrected chi connectivity index (χ3v) is 8.61. The van der Waals surface area contributed by atoms with Gasteiger partial charge in [-0.2, -0.15) is 13.2 Å². The van der Waals surface area contributed by atoms with Crippen LogP contribution >= 0.6 is 0 Å². The Bertz CT molecular complexity index is 1550. The molecule has 0 unspecified atom stereocenters. The molecule has 3 aromatic rings. The average Bonchev–Trinajstić information content (AvgIpc) is 3.26. The summed E-state index contributed by atoms with van der Waals surface area (Å²) >= 11 is 0. The van der Waals surface area contributed by atoms with Crippen molar-refractivity contribution >= 4 is 22.8 Å². The number of aromatic nitrogens is 2. The van der Waals surface area contributed by atoms with Crippen LogP contribution in [-0.4, -0.2) is 46.6 Å². The molecule has 2 N–H and O–H groups in total. The molecule has 1 aliphatic rings. The molecular formula is C33H41F5N4O3. The first kappa shape index (κ1) is 34.2. The summed E-state index contributed by atoms with van der Waals surface area (Å²) in [5, 5.41) is 5.76. The van der Waals surface area contributed by atoms with Crippen LogP contribution in [0.15, 0.2) is 24.3 Å². The number of amides is 2. The number of fused-ring (bicyclic) bond motifs is 1. The van der Waals surface area contributed by atoms with Gasteiger partial charge in [-0.3, -0.25) is 9.59 Å². The summed E-state index contributed by atoms with van der Waals surface area (Å²) in [4.78, 5) is 30.5. The van der Waals surface area contributed by atoms with Crippen molar-refractivity contribution < 1.29 is 36.3 Å². The van der Waals surface area contributed by atoms with E-state index in [2.05, 4.69) is 10.6 Å². The van der Waals surface area contributed by atoms with Gasteiger partial charge in [0.05, 0.1) is 22.5 Å². The van der Waals surface area contributed by atoms with Gasteiger partial charge >= 0.3 is 6.18 Å². The number of aryl methyl sites for hydroxylation is 2. The van der Waals surface area contributed by atoms with Crippen LogP contribution in [0.1, 0.15) is 84.9 Å². The second kappa shape index (κ2) is 13.3. The highest BCUT2D eigenvalue weighted by molar-refractivity contribution is 6.00. The molecule has 12 heteroatoms. The zero-order chi connectivity index (χ0) is 33.3. The van der Waals surface area contributed by atoms with Crippen LogP contribution in [0.3, 0.4) is 0 Å². The van der Waals surface area contributed by atoms with Gasteiger partial charge in [0.1, 0.15) is 18.2 Å². The normalized spacial score (nSPS) is 17.5. The number of nitrogens with one attached hydrogen (secondary N) is 2. The Morgan fingerprint density at radius 2 is 1.73 bits per heavy atom. The Hall–Kier alpha value is -3.70. The molecule has 0 bridgehead atoms. The predicted molar refractivity (Wildman–Crippen MR) is 162 cm³/mol. The lowest BCUT2D eigenvalue weighted by atomic mass is 9.85. The Balaban J connectivity index is 1.61. The lowest BCUT2D eigenvalue weighted by Gasteiger charge is -2.30. The number of carbonyl (C=O) groups is 2. The van der Waals surface area contributed by atoms with Gasteiger partial charge in [-0.15, -0.1) is 0 Å². The first-order chi connectivity index (χ1) is 21.0. The smallest absolute Gasteiger partial charge is 0.391 e. The number of halogens is 5. The van der Waals surface area contributed by atoms with Crippen LogP contribution in [0, 0.1) is 25.2 Å². The third kappa shape index (κ3) is 8.12. The van der Waals surface area contributed by atoms with Gasteiger partial charge in [0.2, 0.25) is 5.91 Å². The molecular weight excluding hydrogens is 595 g/mol. The largest absolute Gasteiger partial charge is 0.487 e. The Morgan fingerprint density at radius 3 is 2.33 bits per heavy atom. The molecule has 1 aromatic heterocycles. The van der Waals surface area contributed by atoms with E-state index < -0.39 is 42.5 Å². The summed E-state index contributed by atoms with van der Waals surface area (Å²) in [5.74, 6) is -1.45. The van der Waals surface area contributed by atoms with Crippen molar-refractivity contribution in [1.82, 2.24) is 20.2 Å². The van der Waals surface area contributed by atoms with Gasteiger partial charge < -0.3 is 19.9 Å². The van der Waals surface area contributed by atoms with Crippen molar-refractivity contribution in [2.24, 2.45) is 18.4 Å². The number of benzene rings is 2. The van der Waals surface area contributed by atoms with Crippen LogP contribution < -0.4 is 15.4 Å². The van der Waals surface area contributed by atoms with Gasteiger partial charge in [0, 0.05) is 37.5 Å². The SMILES string of the molecule is Cc1ccc(CNC(=O)C(C)(C)C)c(C)c1Cc1nc2cc(C(=O)NC3CCC(C(F)(F)F)CC3)c(OCC(F)F)cc2n1C. The zero-order valence-electron chi connectivity index (χ0n) is 26.5. The number of nitrogens with zero attached hydrogens (tertiary/aromatic N) is 2. The van der Waals surface area contributed by atoms with E-state index in [0.29, 0.717) is 29.8 Å². The second-order valence-electron chi connectivity index (χ2n) is 12.9. The number of ether oxygens (including phenoxy) is 1. The molecule has 2 aromatic carbocycles. The molecule has 7 nitrogen and oxygen atoms in total. The molecule has 4 rings (SSSR count). The molecule has 0 atom stereocenters. The minimum Gasteiger partial charge on any atom is -0.487 e. The van der Waals surface area contributed by atoms with E-state index in [1.54, 1.807) is 7.05 Å². The maximum absolute atomic E-state index is 13.3. The van der Waals surface area contributed by atoms with Crippen molar-refractivity contribution in [3.8, 4) is 5.75 Å². The molecule has 2 amide bonds. The Kier molecular flexibility index (Phi) is 10.1. The van der Waals surface area contributed by atoms with Crippen molar-refractivity contribution in [2.45, 2.75) is 91.9 Å². The zero-order valence-corrected chi connectivity index (χ0v) is 26.5. The van der Waals surface area contributed by atoms with Crippen LogP contribution in [0.4, 0.5) is 22.0 Å². The Labute approximate surface area is 259 Å². The predicted octanol–water partition coefficient (Wildman–Crippen LogP) is 6.94. The van der Waals surface area contributed by atoms with E-state index in [1.807, 2.05) is 51.3 Å². The number of imidazole rings is 1. The summed E-state index contributed by atoms with van der Waals surface area (Å²) in [6, 6.07) is 6.49. The standard InChI is InChI=1S/C33H41F5N4O3/c1-18-7-8-20(16-39-31(44)32(3,4)5)19(2)23(18)14-29-41-25-13-24(27(45-17-28(34)35)15-26(25)42(29)6)30(43)40-22-11-9-21(10-12-22)33(36,37)38/h7-8,13,15,21-22,28H,9-12,14,16-17H2,1-6H3,(H,39,44)(H,40,43). The number of hydrogen-bond acceptors (Lipinski definition) is 4. The number of alkyl halides is 5. The summed E-state index contributed by atoms with van der Waals surface area (Å²) in [6.07, 6.45) is -6.46. The van der Waals surface area contributed by atoms with Crippen LogP contribution in [0.2, 0.25) is 0 Å². The van der Waals surface area contributed by atoms with Crippen molar-refractivity contribution in [3.63, 3.8) is 0 Å². The molecule has 1 saturated carbocycles. The van der Waals surface area contributed by atoms with E-state index >= 15 is 0 Å². The van der Waals surface area contributed by atoms with Crippen molar-refractivity contribution in [1.29, 1.82) is 0 Å². The average molecular weight is 637 g/mol. The van der Waals surface area contributed by atoms with Gasteiger partial charge in [0.15, 0.2) is 0 Å². The maximum atomic E-state index is 13.3. The number of hydrogen-bond donors (Lipinski definition) is 2. The minimum atomic E-state index is -4.27. The van der Waals surface area contributed by atoms with Crippen LogP contribution in [-0.2, 0) is 24.8 Å². The molecule has 0 aliphatic heterocycles. The number of carbonyl (C=O) groups excluding carboxylic acids is 2. The van der Waals surface area contributed by atoms with Gasteiger partial charge in [0.25, 0.3) is 12.3 Å². The van der Waals surface area contributed by atoms with E-state index in [1.165, 1.54) is 12.1 Å². The van der Waals surface area contributed by atoms with Crippen molar-refractivity contribution in [2.75, 3.05) is 6.61 Å². The van der Waals surface area contributed by atoms with Gasteiger partial charge in [-0.25, -0.2) is 13.8 Å². The lowest BCUT2D eigenvalue weighted by Crippen LogP contribution is -2.40. The molecule has 1 heterocycles. The van der Waals surface area contributed by atoms with E-state index in [-0.39, 0.29) is 42.9 Å². The molecule has 0 spiro atoms. The topological polar surface area (TPSA) is 85.2 Å². The van der Waals surface area contributed by atoms with Crippen molar-refractivity contribution in [3.05, 3.63) is 57.9 Å². The van der Waals surface area contributed by atoms with Crippen LogP contribution in [0.5, 0.6) is 5.75 Å². The third-order valence-electron chi connectivity index (χ3n) is 8.61. The molecule has 1 aliphatic carbocycles. The highest BCUT2D eigenvalue weighted by Gasteiger charge is 2.41. The number of rotatable bonds is 9. The summed E-state index contributed by atoms with van der Waals surface area (Å²) in [7, 11) is 1.79. The molecule has 45 heavy (non-hydrogen) atoms.